The first-order chi connectivity index (χ1) is 12.5. The quantitative estimate of drug-likeness (QED) is 0.909. The smallest absolute Gasteiger partial charge is 0.275 e. The van der Waals surface area contributed by atoms with Gasteiger partial charge in [-0.15, -0.1) is 0 Å². The third-order valence-electron chi connectivity index (χ3n) is 5.30. The lowest BCUT2D eigenvalue weighted by Crippen LogP contribution is -2.42. The molecule has 3 heterocycles. The molecule has 0 spiro atoms. The Hall–Kier alpha value is -2.64. The fourth-order valence-electron chi connectivity index (χ4n) is 3.77. The molecule has 1 saturated heterocycles. The van der Waals surface area contributed by atoms with Gasteiger partial charge < -0.3 is 10.2 Å². The first-order valence-electron chi connectivity index (χ1n) is 9.23. The molecule has 4 rings (SSSR count). The first kappa shape index (κ1) is 16.8. The summed E-state index contributed by atoms with van der Waals surface area (Å²) < 4.78 is 3.39. The highest BCUT2D eigenvalue weighted by Gasteiger charge is 2.29. The van der Waals surface area contributed by atoms with Crippen LogP contribution < -0.4 is 5.32 Å². The number of amides is 2. The van der Waals surface area contributed by atoms with E-state index in [1.54, 1.807) is 11.9 Å². The van der Waals surface area contributed by atoms with Crippen molar-refractivity contribution in [3.63, 3.8) is 0 Å². The third-order valence-corrected chi connectivity index (χ3v) is 5.30. The van der Waals surface area contributed by atoms with Crippen molar-refractivity contribution >= 4 is 17.6 Å². The zero-order valence-electron chi connectivity index (χ0n) is 15.2. The number of hydrogen-bond acceptors (Lipinski definition) is 4. The molecule has 1 N–H and O–H groups in total. The third kappa shape index (κ3) is 2.89. The van der Waals surface area contributed by atoms with Gasteiger partial charge in [0, 0.05) is 26.2 Å². The fraction of sp³-hybridized carbons (Fsp3) is 0.556. The molecule has 2 aliphatic rings. The Bertz CT molecular complexity index is 842. The van der Waals surface area contributed by atoms with Crippen molar-refractivity contribution in [2.24, 2.45) is 7.05 Å². The van der Waals surface area contributed by atoms with E-state index in [4.69, 9.17) is 0 Å². The minimum absolute atomic E-state index is 0.130. The van der Waals surface area contributed by atoms with Gasteiger partial charge in [-0.2, -0.15) is 10.2 Å². The molecule has 26 heavy (non-hydrogen) atoms. The molecule has 1 aliphatic heterocycles. The predicted molar refractivity (Wildman–Crippen MR) is 96.2 cm³/mol. The van der Waals surface area contributed by atoms with Crippen LogP contribution in [-0.2, 0) is 7.05 Å². The van der Waals surface area contributed by atoms with E-state index in [-0.39, 0.29) is 11.8 Å². The average molecular weight is 356 g/mol. The lowest BCUT2D eigenvalue weighted by Gasteiger charge is -2.30. The maximum Gasteiger partial charge on any atom is 0.275 e. The summed E-state index contributed by atoms with van der Waals surface area (Å²) >= 11 is 0. The molecule has 8 heteroatoms. The molecular weight excluding hydrogens is 332 g/mol. The summed E-state index contributed by atoms with van der Waals surface area (Å²) in [5, 5.41) is 11.6. The van der Waals surface area contributed by atoms with Crippen molar-refractivity contribution in [2.75, 3.05) is 18.4 Å². The van der Waals surface area contributed by atoms with E-state index in [0.717, 1.165) is 38.0 Å². The number of rotatable bonds is 4. The molecule has 1 aliphatic carbocycles. The number of likely N-dealkylation sites (tertiary alicyclic amines) is 1. The van der Waals surface area contributed by atoms with Crippen LogP contribution >= 0.6 is 0 Å². The Labute approximate surface area is 152 Å². The van der Waals surface area contributed by atoms with E-state index in [2.05, 4.69) is 15.5 Å². The summed E-state index contributed by atoms with van der Waals surface area (Å²) in [5.74, 6) is 0.228. The van der Waals surface area contributed by atoms with E-state index in [1.807, 2.05) is 17.7 Å². The Balaban J connectivity index is 1.59. The van der Waals surface area contributed by atoms with Crippen LogP contribution in [0.15, 0.2) is 12.3 Å². The molecule has 1 saturated carbocycles. The van der Waals surface area contributed by atoms with Crippen LogP contribution in [0.4, 0.5) is 5.82 Å². The molecule has 138 valence electrons. The number of nitrogens with one attached hydrogen (secondary N) is 1. The van der Waals surface area contributed by atoms with E-state index in [9.17, 15) is 9.59 Å². The number of aryl methyl sites for hydroxylation is 2. The average Bonchev–Trinajstić information content (AvgIpc) is 3.25. The molecule has 0 unspecified atom stereocenters. The molecule has 2 fully saturated rings. The number of nitrogens with zero attached hydrogens (tertiary/aromatic N) is 5. The Morgan fingerprint density at radius 3 is 2.58 bits per heavy atom. The van der Waals surface area contributed by atoms with Crippen LogP contribution in [0.25, 0.3) is 0 Å². The SMILES string of the molecule is Cc1cc(NC(=O)c2c(C(=O)N3CCC3)cnn2C)n(C2CCCC2)n1. The standard InChI is InChI=1S/C18H24N6O2/c1-12-10-15(24(21-12)13-6-3-4-7-13)20-17(25)16-14(11-19-22(16)2)18(26)23-8-5-9-23/h10-11,13H,3-9H2,1-2H3,(H,20,25). The normalized spacial score (nSPS) is 17.4. The zero-order chi connectivity index (χ0) is 18.3. The van der Waals surface area contributed by atoms with Crippen LogP contribution in [0.5, 0.6) is 0 Å². The second kappa shape index (κ2) is 6.59. The summed E-state index contributed by atoms with van der Waals surface area (Å²) in [6.45, 7) is 3.40. The molecule has 2 amide bonds. The minimum Gasteiger partial charge on any atom is -0.338 e. The molecule has 8 nitrogen and oxygen atoms in total. The van der Waals surface area contributed by atoms with Crippen LogP contribution in [0.2, 0.25) is 0 Å². The van der Waals surface area contributed by atoms with Crippen molar-refractivity contribution in [3.8, 4) is 0 Å². The van der Waals surface area contributed by atoms with E-state index >= 15 is 0 Å². The molecule has 0 atom stereocenters. The number of hydrogen-bond donors (Lipinski definition) is 1. The minimum atomic E-state index is -0.326. The Morgan fingerprint density at radius 1 is 1.19 bits per heavy atom. The van der Waals surface area contributed by atoms with Crippen molar-refractivity contribution < 1.29 is 9.59 Å². The highest BCUT2D eigenvalue weighted by atomic mass is 16.2. The monoisotopic (exact) mass is 356 g/mol. The second-order valence-electron chi connectivity index (χ2n) is 7.18. The van der Waals surface area contributed by atoms with Crippen molar-refractivity contribution in [2.45, 2.75) is 45.1 Å². The molecule has 2 aromatic rings. The van der Waals surface area contributed by atoms with Gasteiger partial charge in [0.1, 0.15) is 11.5 Å². The van der Waals surface area contributed by atoms with Gasteiger partial charge in [0.05, 0.1) is 23.5 Å². The number of anilines is 1. The first-order valence-corrected chi connectivity index (χ1v) is 9.23. The van der Waals surface area contributed by atoms with Gasteiger partial charge in [-0.3, -0.25) is 14.3 Å². The maximum atomic E-state index is 12.9. The number of carbonyl (C=O) groups is 2. The van der Waals surface area contributed by atoms with Crippen LogP contribution in [0, 0.1) is 6.92 Å². The number of aromatic nitrogens is 4. The molecule has 2 aromatic heterocycles. The van der Waals surface area contributed by atoms with Gasteiger partial charge in [0.25, 0.3) is 11.8 Å². The van der Waals surface area contributed by atoms with Crippen LogP contribution in [0.3, 0.4) is 0 Å². The predicted octanol–water partition coefficient (Wildman–Crippen LogP) is 2.14. The van der Waals surface area contributed by atoms with Crippen LogP contribution in [0.1, 0.15) is 64.7 Å². The van der Waals surface area contributed by atoms with E-state index in [0.29, 0.717) is 23.1 Å². The van der Waals surface area contributed by atoms with Gasteiger partial charge in [-0.25, -0.2) is 4.68 Å². The summed E-state index contributed by atoms with van der Waals surface area (Å²) in [4.78, 5) is 27.3. The highest BCUT2D eigenvalue weighted by molar-refractivity contribution is 6.10. The van der Waals surface area contributed by atoms with Crippen molar-refractivity contribution in [1.82, 2.24) is 24.5 Å². The van der Waals surface area contributed by atoms with Crippen molar-refractivity contribution in [1.29, 1.82) is 0 Å². The van der Waals surface area contributed by atoms with E-state index in [1.165, 1.54) is 23.7 Å². The van der Waals surface area contributed by atoms with Gasteiger partial charge in [0.2, 0.25) is 0 Å². The van der Waals surface area contributed by atoms with Crippen LogP contribution in [-0.4, -0.2) is 49.4 Å². The largest absolute Gasteiger partial charge is 0.338 e. The summed E-state index contributed by atoms with van der Waals surface area (Å²) in [6.07, 6.45) is 7.02. The molecule has 0 bridgehead atoms. The fourth-order valence-corrected chi connectivity index (χ4v) is 3.77. The topological polar surface area (TPSA) is 85.0 Å². The van der Waals surface area contributed by atoms with E-state index < -0.39 is 0 Å². The molecule has 0 radical (unpaired) electrons. The summed E-state index contributed by atoms with van der Waals surface area (Å²) in [5.41, 5.74) is 1.51. The number of carbonyl (C=O) groups excluding carboxylic acids is 2. The van der Waals surface area contributed by atoms with Gasteiger partial charge in [0.15, 0.2) is 0 Å². The summed E-state index contributed by atoms with van der Waals surface area (Å²) in [7, 11) is 1.68. The lowest BCUT2D eigenvalue weighted by molar-refractivity contribution is 0.0648. The highest BCUT2D eigenvalue weighted by Crippen LogP contribution is 2.32. The van der Waals surface area contributed by atoms with Gasteiger partial charge in [-0.05, 0) is 26.2 Å². The lowest BCUT2D eigenvalue weighted by atomic mass is 10.1. The maximum absolute atomic E-state index is 12.9. The van der Waals surface area contributed by atoms with Gasteiger partial charge in [-0.1, -0.05) is 12.8 Å². The molecule has 0 aromatic carbocycles. The molecular formula is C18H24N6O2. The van der Waals surface area contributed by atoms with Gasteiger partial charge >= 0.3 is 0 Å². The van der Waals surface area contributed by atoms with Crippen molar-refractivity contribution in [3.05, 3.63) is 29.2 Å². The second-order valence-corrected chi connectivity index (χ2v) is 7.18. The zero-order valence-corrected chi connectivity index (χ0v) is 15.2. The Kier molecular flexibility index (Phi) is 4.26. The summed E-state index contributed by atoms with van der Waals surface area (Å²) in [6, 6.07) is 2.21. The Morgan fingerprint density at radius 2 is 1.92 bits per heavy atom.